The van der Waals surface area contributed by atoms with E-state index in [0.29, 0.717) is 17.5 Å². The van der Waals surface area contributed by atoms with Crippen LogP contribution in [0.5, 0.6) is 0 Å². The van der Waals surface area contributed by atoms with Gasteiger partial charge in [-0.25, -0.2) is 9.97 Å². The smallest absolute Gasteiger partial charge is 0.144 e. The summed E-state index contributed by atoms with van der Waals surface area (Å²) in [4.78, 5) is 8.19. The van der Waals surface area contributed by atoms with E-state index in [1.54, 1.807) is 0 Å². The molecule has 2 aliphatic rings. The number of hydrogen-bond acceptors (Lipinski definition) is 3. The minimum Gasteiger partial charge on any atom is -0.241 e. The quantitative estimate of drug-likeness (QED) is 0.647. The molecular weight excluding hydrogens is 186 g/mol. The third kappa shape index (κ3) is 1.33. The van der Waals surface area contributed by atoms with Gasteiger partial charge in [-0.3, -0.25) is 0 Å². The molecule has 0 aliphatic heterocycles. The van der Waals surface area contributed by atoms with Gasteiger partial charge in [-0.15, -0.1) is 0 Å². The predicted molar refractivity (Wildman–Crippen MR) is 54.8 cm³/mol. The topological polar surface area (TPSA) is 49.6 Å². The minimum atomic E-state index is 0.478. The number of nitrogens with zero attached hydrogens (tertiary/aromatic N) is 3. The maximum absolute atomic E-state index is 8.78. The van der Waals surface area contributed by atoms with Gasteiger partial charge in [0.05, 0.1) is 0 Å². The number of fused-ring (bicyclic) bond motifs is 2. The van der Waals surface area contributed by atoms with Crippen molar-refractivity contribution >= 4 is 0 Å². The van der Waals surface area contributed by atoms with E-state index in [4.69, 9.17) is 5.26 Å². The molecule has 3 nitrogen and oxygen atoms in total. The van der Waals surface area contributed by atoms with E-state index >= 15 is 0 Å². The van der Waals surface area contributed by atoms with E-state index in [0.717, 1.165) is 11.6 Å². The van der Waals surface area contributed by atoms with E-state index in [-0.39, 0.29) is 0 Å². The normalized spacial score (nSPS) is 31.8. The highest BCUT2D eigenvalue weighted by Crippen LogP contribution is 2.48. The van der Waals surface area contributed by atoms with Gasteiger partial charge in [-0.2, -0.15) is 5.26 Å². The fourth-order valence-electron chi connectivity index (χ4n) is 2.76. The first-order chi connectivity index (χ1) is 7.36. The molecule has 1 aromatic rings. The molecule has 3 heteroatoms. The van der Waals surface area contributed by atoms with Crippen LogP contribution < -0.4 is 0 Å². The molecule has 3 unspecified atom stereocenters. The van der Waals surface area contributed by atoms with Crippen molar-refractivity contribution in [3.8, 4) is 6.07 Å². The van der Waals surface area contributed by atoms with Crippen LogP contribution in [0.4, 0.5) is 0 Å². The number of aromatic nitrogens is 2. The molecule has 1 aromatic heterocycles. The van der Waals surface area contributed by atoms with Crippen molar-refractivity contribution in [2.24, 2.45) is 11.8 Å². The predicted octanol–water partition coefficient (Wildman–Crippen LogP) is 2.03. The molecule has 0 amide bonds. The molecule has 0 spiro atoms. The van der Waals surface area contributed by atoms with Gasteiger partial charge in [0, 0.05) is 11.6 Å². The van der Waals surface area contributed by atoms with Gasteiger partial charge in [0.25, 0.3) is 0 Å². The molecule has 0 N–H and O–H groups in total. The van der Waals surface area contributed by atoms with Crippen molar-refractivity contribution in [2.75, 3.05) is 0 Å². The Morgan fingerprint density at radius 2 is 2.20 bits per heavy atom. The summed E-state index contributed by atoms with van der Waals surface area (Å²) in [5.41, 5.74) is 1.52. The van der Waals surface area contributed by atoms with Gasteiger partial charge in [0.15, 0.2) is 0 Å². The molecule has 0 saturated heterocycles. The van der Waals surface area contributed by atoms with Crippen LogP contribution in [0, 0.1) is 23.2 Å². The Morgan fingerprint density at radius 1 is 1.27 bits per heavy atom. The lowest BCUT2D eigenvalue weighted by molar-refractivity contribution is 0.568. The van der Waals surface area contributed by atoms with E-state index in [2.05, 4.69) is 28.2 Å². The number of allylic oxidation sites excluding steroid dienone is 2. The fourth-order valence-corrected chi connectivity index (χ4v) is 2.76. The SMILES string of the molecule is N#Cc1cc(C2CC3C=CC2C3)ncn1. The Balaban J connectivity index is 1.94. The Bertz CT molecular complexity index is 458. The van der Waals surface area contributed by atoms with Gasteiger partial charge >= 0.3 is 0 Å². The van der Waals surface area contributed by atoms with Gasteiger partial charge in [-0.05, 0) is 30.7 Å². The maximum Gasteiger partial charge on any atom is 0.144 e. The lowest BCUT2D eigenvalue weighted by atomic mass is 9.90. The molecule has 3 rings (SSSR count). The van der Waals surface area contributed by atoms with E-state index in [1.807, 2.05) is 6.07 Å². The molecule has 2 aliphatic carbocycles. The molecule has 1 heterocycles. The first kappa shape index (κ1) is 8.60. The van der Waals surface area contributed by atoms with Crippen LogP contribution in [0.3, 0.4) is 0 Å². The molecule has 1 fully saturated rings. The standard InChI is InChI=1S/C12H11N3/c13-6-10-5-12(15-7-14-10)11-4-8-1-2-9(11)3-8/h1-2,5,7-9,11H,3-4H2. The summed E-state index contributed by atoms with van der Waals surface area (Å²) < 4.78 is 0. The molecule has 0 radical (unpaired) electrons. The minimum absolute atomic E-state index is 0.478. The second-order valence-corrected chi connectivity index (χ2v) is 4.33. The molecule has 1 saturated carbocycles. The van der Waals surface area contributed by atoms with Crippen LogP contribution in [0.15, 0.2) is 24.5 Å². The fraction of sp³-hybridized carbons (Fsp3) is 0.417. The Labute approximate surface area is 88.5 Å². The molecule has 15 heavy (non-hydrogen) atoms. The van der Waals surface area contributed by atoms with Crippen molar-refractivity contribution in [3.63, 3.8) is 0 Å². The van der Waals surface area contributed by atoms with Gasteiger partial charge in [0.2, 0.25) is 0 Å². The highest BCUT2D eigenvalue weighted by molar-refractivity contribution is 5.27. The summed E-state index contributed by atoms with van der Waals surface area (Å²) in [7, 11) is 0. The van der Waals surface area contributed by atoms with E-state index < -0.39 is 0 Å². The Kier molecular flexibility index (Phi) is 1.81. The second-order valence-electron chi connectivity index (χ2n) is 4.33. The summed E-state index contributed by atoms with van der Waals surface area (Å²) in [6.07, 6.45) is 8.56. The number of rotatable bonds is 1. The van der Waals surface area contributed by atoms with Gasteiger partial charge < -0.3 is 0 Å². The molecule has 74 valence electrons. The second kappa shape index (κ2) is 3.16. The van der Waals surface area contributed by atoms with Crippen LogP contribution in [0.25, 0.3) is 0 Å². The van der Waals surface area contributed by atoms with E-state index in [9.17, 15) is 0 Å². The van der Waals surface area contributed by atoms with Crippen molar-refractivity contribution in [3.05, 3.63) is 35.9 Å². The van der Waals surface area contributed by atoms with Crippen LogP contribution in [-0.2, 0) is 0 Å². The van der Waals surface area contributed by atoms with Crippen molar-refractivity contribution in [1.82, 2.24) is 9.97 Å². The van der Waals surface area contributed by atoms with Crippen molar-refractivity contribution in [2.45, 2.75) is 18.8 Å². The average molecular weight is 197 g/mol. The highest BCUT2D eigenvalue weighted by atomic mass is 14.8. The third-order valence-corrected chi connectivity index (χ3v) is 3.46. The zero-order chi connectivity index (χ0) is 10.3. The molecule has 3 atom stereocenters. The monoisotopic (exact) mass is 197 g/mol. The zero-order valence-corrected chi connectivity index (χ0v) is 8.30. The summed E-state index contributed by atoms with van der Waals surface area (Å²) >= 11 is 0. The first-order valence-electron chi connectivity index (χ1n) is 5.27. The third-order valence-electron chi connectivity index (χ3n) is 3.46. The molecule has 2 bridgehead atoms. The number of nitriles is 1. The summed E-state index contributed by atoms with van der Waals surface area (Å²) in [5, 5.41) is 8.78. The lowest BCUT2D eigenvalue weighted by Gasteiger charge is -2.16. The zero-order valence-electron chi connectivity index (χ0n) is 8.30. The van der Waals surface area contributed by atoms with Crippen molar-refractivity contribution in [1.29, 1.82) is 5.26 Å². The van der Waals surface area contributed by atoms with Gasteiger partial charge in [-0.1, -0.05) is 12.2 Å². The van der Waals surface area contributed by atoms with Crippen LogP contribution in [0.2, 0.25) is 0 Å². The highest BCUT2D eigenvalue weighted by Gasteiger charge is 2.37. The number of hydrogen-bond donors (Lipinski definition) is 0. The van der Waals surface area contributed by atoms with Crippen LogP contribution in [0.1, 0.15) is 30.1 Å². The summed E-state index contributed by atoms with van der Waals surface area (Å²) in [6, 6.07) is 3.90. The van der Waals surface area contributed by atoms with E-state index in [1.165, 1.54) is 19.2 Å². The Morgan fingerprint density at radius 3 is 2.87 bits per heavy atom. The van der Waals surface area contributed by atoms with Gasteiger partial charge in [0.1, 0.15) is 18.1 Å². The van der Waals surface area contributed by atoms with Crippen LogP contribution in [-0.4, -0.2) is 9.97 Å². The summed E-state index contributed by atoms with van der Waals surface area (Å²) in [6.45, 7) is 0. The summed E-state index contributed by atoms with van der Waals surface area (Å²) in [5.74, 6) is 1.88. The maximum atomic E-state index is 8.78. The van der Waals surface area contributed by atoms with Crippen LogP contribution >= 0.6 is 0 Å². The molecule has 0 aromatic carbocycles. The molecular formula is C12H11N3. The average Bonchev–Trinajstić information content (AvgIpc) is 2.91. The largest absolute Gasteiger partial charge is 0.241 e. The lowest BCUT2D eigenvalue weighted by Crippen LogP contribution is -2.07. The Hall–Kier alpha value is -1.69. The first-order valence-corrected chi connectivity index (χ1v) is 5.27. The van der Waals surface area contributed by atoms with Crippen molar-refractivity contribution < 1.29 is 0 Å².